The van der Waals surface area contributed by atoms with E-state index in [-0.39, 0.29) is 11.9 Å². The molecule has 0 fully saturated rings. The highest BCUT2D eigenvalue weighted by Gasteiger charge is 2.09. The molecule has 1 aromatic carbocycles. The molecule has 1 unspecified atom stereocenters. The first-order chi connectivity index (χ1) is 9.70. The number of hydrogen-bond acceptors (Lipinski definition) is 3. The van der Waals surface area contributed by atoms with Crippen LogP contribution >= 0.6 is 0 Å². The molecule has 0 radical (unpaired) electrons. The van der Waals surface area contributed by atoms with Crippen molar-refractivity contribution in [3.8, 4) is 0 Å². The molecule has 1 aromatic heterocycles. The quantitative estimate of drug-likeness (QED) is 0.874. The molecule has 0 spiro atoms. The molecule has 0 amide bonds. The van der Waals surface area contributed by atoms with Crippen LogP contribution in [0.15, 0.2) is 42.7 Å². The summed E-state index contributed by atoms with van der Waals surface area (Å²) in [5.74, 6) is -0.316. The average Bonchev–Trinajstić information content (AvgIpc) is 2.46. The van der Waals surface area contributed by atoms with E-state index in [0.717, 1.165) is 17.7 Å². The number of rotatable bonds is 6. The van der Waals surface area contributed by atoms with E-state index in [2.05, 4.69) is 16.4 Å². The van der Waals surface area contributed by atoms with Crippen molar-refractivity contribution < 1.29 is 9.13 Å². The first kappa shape index (κ1) is 14.5. The molecule has 0 aliphatic carbocycles. The van der Waals surface area contributed by atoms with Crippen LogP contribution in [-0.4, -0.2) is 18.7 Å². The van der Waals surface area contributed by atoms with Crippen molar-refractivity contribution in [3.63, 3.8) is 0 Å². The lowest BCUT2D eigenvalue weighted by atomic mass is 10.1. The van der Waals surface area contributed by atoms with E-state index in [1.165, 1.54) is 17.8 Å². The Labute approximate surface area is 118 Å². The number of ether oxygens (including phenoxy) is 1. The molecule has 0 aliphatic rings. The molecule has 4 heteroatoms. The molecule has 0 saturated heterocycles. The number of anilines is 1. The molecule has 20 heavy (non-hydrogen) atoms. The Morgan fingerprint density at radius 3 is 2.85 bits per heavy atom. The largest absolute Gasteiger partial charge is 0.384 e. The summed E-state index contributed by atoms with van der Waals surface area (Å²) in [6, 6.07) is 9.57. The second-order valence-corrected chi connectivity index (χ2v) is 4.70. The van der Waals surface area contributed by atoms with Crippen LogP contribution in [0.25, 0.3) is 0 Å². The molecule has 2 aromatic rings. The topological polar surface area (TPSA) is 34.1 Å². The first-order valence-corrected chi connectivity index (χ1v) is 6.64. The van der Waals surface area contributed by atoms with Gasteiger partial charge in [-0.2, -0.15) is 0 Å². The highest BCUT2D eigenvalue weighted by Crippen LogP contribution is 2.22. The van der Waals surface area contributed by atoms with Gasteiger partial charge in [0, 0.05) is 19.0 Å². The van der Waals surface area contributed by atoms with Crippen LogP contribution in [0.4, 0.5) is 10.1 Å². The highest BCUT2D eigenvalue weighted by molar-refractivity contribution is 5.52. The molecule has 0 aliphatic heterocycles. The molecule has 1 N–H and O–H groups in total. The number of pyridine rings is 1. The number of nitrogens with zero attached hydrogens (tertiary/aromatic N) is 1. The van der Waals surface area contributed by atoms with Crippen LogP contribution in [0.3, 0.4) is 0 Å². The molecular formula is C16H19FN2O. The summed E-state index contributed by atoms with van der Waals surface area (Å²) in [5, 5.41) is 3.40. The SMILES string of the molecule is COCCc1ccccc1NC(C)c1cncc(F)c1. The Balaban J connectivity index is 2.13. The maximum Gasteiger partial charge on any atom is 0.141 e. The monoisotopic (exact) mass is 274 g/mol. The Morgan fingerprint density at radius 1 is 1.30 bits per heavy atom. The third kappa shape index (κ3) is 3.78. The van der Waals surface area contributed by atoms with Crippen LogP contribution in [-0.2, 0) is 11.2 Å². The summed E-state index contributed by atoms with van der Waals surface area (Å²) >= 11 is 0. The number of aromatic nitrogens is 1. The minimum atomic E-state index is -0.316. The number of halogens is 1. The zero-order valence-corrected chi connectivity index (χ0v) is 11.8. The summed E-state index contributed by atoms with van der Waals surface area (Å²) in [5.41, 5.74) is 3.05. The Bertz CT molecular complexity index is 560. The molecule has 106 valence electrons. The summed E-state index contributed by atoms with van der Waals surface area (Å²) in [7, 11) is 1.69. The van der Waals surface area contributed by atoms with Crippen molar-refractivity contribution in [2.75, 3.05) is 19.0 Å². The second-order valence-electron chi connectivity index (χ2n) is 4.70. The maximum absolute atomic E-state index is 13.2. The van der Waals surface area contributed by atoms with Gasteiger partial charge in [-0.15, -0.1) is 0 Å². The standard InChI is InChI=1S/C16H19FN2O/c1-12(14-9-15(17)11-18-10-14)19-16-6-4-3-5-13(16)7-8-20-2/h3-6,9-12,19H,7-8H2,1-2H3. The summed E-state index contributed by atoms with van der Waals surface area (Å²) in [6.07, 6.45) is 3.73. The molecule has 0 bridgehead atoms. The second kappa shape index (κ2) is 7.01. The van der Waals surface area contributed by atoms with E-state index in [4.69, 9.17) is 4.74 Å². The van der Waals surface area contributed by atoms with Gasteiger partial charge in [-0.1, -0.05) is 18.2 Å². The fourth-order valence-electron chi connectivity index (χ4n) is 2.07. The highest BCUT2D eigenvalue weighted by atomic mass is 19.1. The van der Waals surface area contributed by atoms with E-state index >= 15 is 0 Å². The van der Waals surface area contributed by atoms with Gasteiger partial charge in [0.1, 0.15) is 5.82 Å². The van der Waals surface area contributed by atoms with Crippen molar-refractivity contribution in [1.82, 2.24) is 4.98 Å². The van der Waals surface area contributed by atoms with E-state index < -0.39 is 0 Å². The lowest BCUT2D eigenvalue weighted by Crippen LogP contribution is -2.10. The van der Waals surface area contributed by atoms with E-state index in [1.54, 1.807) is 13.3 Å². The van der Waals surface area contributed by atoms with Crippen molar-refractivity contribution in [1.29, 1.82) is 0 Å². The van der Waals surface area contributed by atoms with Crippen molar-refractivity contribution in [2.24, 2.45) is 0 Å². The van der Waals surface area contributed by atoms with Gasteiger partial charge < -0.3 is 10.1 Å². The Hall–Kier alpha value is -1.94. The number of benzene rings is 1. The zero-order chi connectivity index (χ0) is 14.4. The van der Waals surface area contributed by atoms with Gasteiger partial charge in [0.05, 0.1) is 18.8 Å². The predicted octanol–water partition coefficient (Wildman–Crippen LogP) is 3.58. The third-order valence-electron chi connectivity index (χ3n) is 3.19. The Morgan fingerprint density at radius 2 is 2.10 bits per heavy atom. The molecule has 0 saturated carbocycles. The van der Waals surface area contributed by atoms with Gasteiger partial charge in [-0.3, -0.25) is 4.98 Å². The van der Waals surface area contributed by atoms with Crippen molar-refractivity contribution >= 4 is 5.69 Å². The zero-order valence-electron chi connectivity index (χ0n) is 11.8. The smallest absolute Gasteiger partial charge is 0.141 e. The van der Waals surface area contributed by atoms with Gasteiger partial charge >= 0.3 is 0 Å². The summed E-state index contributed by atoms with van der Waals surface area (Å²) < 4.78 is 18.3. The first-order valence-electron chi connectivity index (χ1n) is 6.64. The van der Waals surface area contributed by atoms with Gasteiger partial charge in [0.2, 0.25) is 0 Å². The van der Waals surface area contributed by atoms with Crippen LogP contribution in [0.2, 0.25) is 0 Å². The third-order valence-corrected chi connectivity index (χ3v) is 3.19. The normalized spacial score (nSPS) is 12.2. The minimum Gasteiger partial charge on any atom is -0.384 e. The molecule has 3 nitrogen and oxygen atoms in total. The number of hydrogen-bond donors (Lipinski definition) is 1. The fraction of sp³-hybridized carbons (Fsp3) is 0.312. The number of methoxy groups -OCH3 is 1. The maximum atomic E-state index is 13.2. The van der Waals surface area contributed by atoms with Gasteiger partial charge in [0.15, 0.2) is 0 Å². The molecular weight excluding hydrogens is 255 g/mol. The number of para-hydroxylation sites is 1. The van der Waals surface area contributed by atoms with Crippen molar-refractivity contribution in [2.45, 2.75) is 19.4 Å². The van der Waals surface area contributed by atoms with Crippen LogP contribution in [0.1, 0.15) is 24.1 Å². The summed E-state index contributed by atoms with van der Waals surface area (Å²) in [4.78, 5) is 3.88. The lowest BCUT2D eigenvalue weighted by Gasteiger charge is -2.18. The van der Waals surface area contributed by atoms with Crippen LogP contribution in [0, 0.1) is 5.82 Å². The van der Waals surface area contributed by atoms with Crippen molar-refractivity contribution in [3.05, 3.63) is 59.7 Å². The van der Waals surface area contributed by atoms with Crippen LogP contribution < -0.4 is 5.32 Å². The molecule has 2 rings (SSSR count). The van der Waals surface area contributed by atoms with Crippen LogP contribution in [0.5, 0.6) is 0 Å². The predicted molar refractivity (Wildman–Crippen MR) is 78.3 cm³/mol. The number of nitrogens with one attached hydrogen (secondary N) is 1. The van der Waals surface area contributed by atoms with Gasteiger partial charge in [0.25, 0.3) is 0 Å². The van der Waals surface area contributed by atoms with Gasteiger partial charge in [-0.05, 0) is 36.6 Å². The van der Waals surface area contributed by atoms with Gasteiger partial charge in [-0.25, -0.2) is 4.39 Å². The molecule has 1 heterocycles. The van der Waals surface area contributed by atoms with E-state index in [0.29, 0.717) is 6.61 Å². The minimum absolute atomic E-state index is 0.0121. The average molecular weight is 274 g/mol. The molecule has 1 atom stereocenters. The summed E-state index contributed by atoms with van der Waals surface area (Å²) in [6.45, 7) is 2.66. The fourth-order valence-corrected chi connectivity index (χ4v) is 2.07. The van der Waals surface area contributed by atoms with E-state index in [1.807, 2.05) is 25.1 Å². The Kier molecular flexibility index (Phi) is 5.07. The van der Waals surface area contributed by atoms with E-state index in [9.17, 15) is 4.39 Å². The lowest BCUT2D eigenvalue weighted by molar-refractivity contribution is 0.202.